The molecule has 1 amide bonds. The van der Waals surface area contributed by atoms with E-state index < -0.39 is 0 Å². The van der Waals surface area contributed by atoms with Crippen LogP contribution in [0.4, 0.5) is 5.69 Å². The highest BCUT2D eigenvalue weighted by atomic mass is 16.5. The molecular weight excluding hydrogens is 294 g/mol. The monoisotopic (exact) mass is 313 g/mol. The first-order valence-electron chi connectivity index (χ1n) is 7.48. The highest BCUT2D eigenvalue weighted by Crippen LogP contribution is 2.31. The van der Waals surface area contributed by atoms with Crippen LogP contribution in [0.2, 0.25) is 0 Å². The summed E-state index contributed by atoms with van der Waals surface area (Å²) in [5, 5.41) is 0. The predicted molar refractivity (Wildman–Crippen MR) is 86.0 cm³/mol. The predicted octanol–water partition coefficient (Wildman–Crippen LogP) is 2.69. The molecule has 3 rings (SSSR count). The van der Waals surface area contributed by atoms with Crippen LogP contribution in [0.15, 0.2) is 36.8 Å². The number of nitrogens with zero attached hydrogens (tertiary/aromatic N) is 3. The van der Waals surface area contributed by atoms with Gasteiger partial charge in [-0.25, -0.2) is 4.98 Å². The third kappa shape index (κ3) is 3.41. The Morgan fingerprint density at radius 1 is 1.30 bits per heavy atom. The van der Waals surface area contributed by atoms with Gasteiger partial charge in [-0.3, -0.25) is 9.78 Å². The number of rotatable bonds is 2. The van der Waals surface area contributed by atoms with Crippen LogP contribution in [0.3, 0.4) is 0 Å². The van der Waals surface area contributed by atoms with Crippen LogP contribution in [0.1, 0.15) is 31.1 Å². The Kier molecular flexibility index (Phi) is 3.90. The first-order chi connectivity index (χ1) is 10.9. The first kappa shape index (κ1) is 15.3. The molecule has 23 heavy (non-hydrogen) atoms. The molecule has 0 saturated heterocycles. The number of hydrogen-bond acceptors (Lipinski definition) is 5. The van der Waals surface area contributed by atoms with Crippen LogP contribution in [-0.4, -0.2) is 34.6 Å². The second-order valence-electron chi connectivity index (χ2n) is 6.25. The SMILES string of the molecule is CC(C)(C)Oc1cc(C(=O)N2CCOc3ccncc32)ccn1. The van der Waals surface area contributed by atoms with E-state index in [1.807, 2.05) is 20.8 Å². The van der Waals surface area contributed by atoms with Gasteiger partial charge in [0.2, 0.25) is 5.88 Å². The quantitative estimate of drug-likeness (QED) is 0.853. The Morgan fingerprint density at radius 3 is 2.91 bits per heavy atom. The number of carbonyl (C=O) groups excluding carboxylic acids is 1. The van der Waals surface area contributed by atoms with E-state index >= 15 is 0 Å². The minimum Gasteiger partial charge on any atom is -0.489 e. The summed E-state index contributed by atoms with van der Waals surface area (Å²) < 4.78 is 11.3. The van der Waals surface area contributed by atoms with E-state index in [-0.39, 0.29) is 11.5 Å². The summed E-state index contributed by atoms with van der Waals surface area (Å²) in [7, 11) is 0. The molecule has 0 unspecified atom stereocenters. The normalized spacial score (nSPS) is 14.0. The summed E-state index contributed by atoms with van der Waals surface area (Å²) in [6.45, 7) is 6.75. The van der Waals surface area contributed by atoms with Crippen molar-refractivity contribution in [2.75, 3.05) is 18.1 Å². The summed E-state index contributed by atoms with van der Waals surface area (Å²) >= 11 is 0. The number of anilines is 1. The average Bonchev–Trinajstić information content (AvgIpc) is 2.52. The van der Waals surface area contributed by atoms with E-state index in [1.54, 1.807) is 41.7 Å². The number of fused-ring (bicyclic) bond motifs is 1. The molecule has 2 aromatic rings. The summed E-state index contributed by atoms with van der Waals surface area (Å²) in [5.41, 5.74) is 0.833. The first-order valence-corrected chi connectivity index (χ1v) is 7.48. The Bertz CT molecular complexity index is 725. The van der Waals surface area contributed by atoms with E-state index in [4.69, 9.17) is 9.47 Å². The molecule has 0 saturated carbocycles. The molecular formula is C17H19N3O3. The lowest BCUT2D eigenvalue weighted by molar-refractivity contribution is 0.0971. The molecule has 6 heteroatoms. The highest BCUT2D eigenvalue weighted by molar-refractivity contribution is 6.07. The molecule has 120 valence electrons. The molecule has 6 nitrogen and oxygen atoms in total. The fourth-order valence-corrected chi connectivity index (χ4v) is 2.34. The number of aromatic nitrogens is 2. The molecule has 0 fully saturated rings. The van der Waals surface area contributed by atoms with Gasteiger partial charge in [0.25, 0.3) is 5.91 Å². The molecule has 2 aromatic heterocycles. The molecule has 0 spiro atoms. The van der Waals surface area contributed by atoms with E-state index in [0.29, 0.717) is 36.0 Å². The van der Waals surface area contributed by atoms with Gasteiger partial charge in [-0.1, -0.05) is 0 Å². The molecule has 0 aliphatic carbocycles. The summed E-state index contributed by atoms with van der Waals surface area (Å²) in [6.07, 6.45) is 4.87. The number of pyridine rings is 2. The zero-order valence-electron chi connectivity index (χ0n) is 13.4. The Morgan fingerprint density at radius 2 is 2.13 bits per heavy atom. The summed E-state index contributed by atoms with van der Waals surface area (Å²) in [6, 6.07) is 5.11. The van der Waals surface area contributed by atoms with Gasteiger partial charge in [-0.15, -0.1) is 0 Å². The van der Waals surface area contributed by atoms with Crippen molar-refractivity contribution in [3.63, 3.8) is 0 Å². The molecule has 0 aromatic carbocycles. The standard InChI is InChI=1S/C17H19N3O3/c1-17(2,3)23-15-10-12(4-7-19-15)16(21)20-8-9-22-14-5-6-18-11-13(14)20/h4-7,10-11H,8-9H2,1-3H3. The summed E-state index contributed by atoms with van der Waals surface area (Å²) in [5.74, 6) is 0.978. The minimum absolute atomic E-state index is 0.122. The van der Waals surface area contributed by atoms with E-state index in [2.05, 4.69) is 9.97 Å². The lowest BCUT2D eigenvalue weighted by atomic mass is 10.2. The Hall–Kier alpha value is -2.63. The molecule has 0 radical (unpaired) electrons. The largest absolute Gasteiger partial charge is 0.489 e. The highest BCUT2D eigenvalue weighted by Gasteiger charge is 2.25. The van der Waals surface area contributed by atoms with Gasteiger partial charge < -0.3 is 14.4 Å². The maximum atomic E-state index is 12.8. The van der Waals surface area contributed by atoms with Gasteiger partial charge >= 0.3 is 0 Å². The zero-order valence-corrected chi connectivity index (χ0v) is 13.4. The van der Waals surface area contributed by atoms with Crippen molar-refractivity contribution in [2.45, 2.75) is 26.4 Å². The van der Waals surface area contributed by atoms with Crippen molar-refractivity contribution in [3.8, 4) is 11.6 Å². The van der Waals surface area contributed by atoms with Crippen molar-refractivity contribution in [2.24, 2.45) is 0 Å². The molecule has 0 bridgehead atoms. The topological polar surface area (TPSA) is 64.5 Å². The van der Waals surface area contributed by atoms with Crippen LogP contribution < -0.4 is 14.4 Å². The minimum atomic E-state index is -0.371. The van der Waals surface area contributed by atoms with E-state index in [1.165, 1.54) is 0 Å². The third-order valence-corrected chi connectivity index (χ3v) is 3.26. The van der Waals surface area contributed by atoms with Gasteiger partial charge in [-0.05, 0) is 26.8 Å². The van der Waals surface area contributed by atoms with Gasteiger partial charge in [0.15, 0.2) is 0 Å². The van der Waals surface area contributed by atoms with Crippen molar-refractivity contribution in [3.05, 3.63) is 42.4 Å². The van der Waals surface area contributed by atoms with Crippen LogP contribution in [-0.2, 0) is 0 Å². The fraction of sp³-hybridized carbons (Fsp3) is 0.353. The van der Waals surface area contributed by atoms with Gasteiger partial charge in [0, 0.05) is 30.1 Å². The third-order valence-electron chi connectivity index (χ3n) is 3.26. The van der Waals surface area contributed by atoms with Crippen LogP contribution in [0, 0.1) is 0 Å². The van der Waals surface area contributed by atoms with Gasteiger partial charge in [0.1, 0.15) is 23.6 Å². The second kappa shape index (κ2) is 5.87. The van der Waals surface area contributed by atoms with Gasteiger partial charge in [-0.2, -0.15) is 0 Å². The van der Waals surface area contributed by atoms with Gasteiger partial charge in [0.05, 0.1) is 12.7 Å². The Labute approximate surface area is 135 Å². The smallest absolute Gasteiger partial charge is 0.258 e. The molecule has 1 aliphatic rings. The molecule has 3 heterocycles. The van der Waals surface area contributed by atoms with Crippen molar-refractivity contribution in [1.82, 2.24) is 9.97 Å². The number of carbonyl (C=O) groups is 1. The van der Waals surface area contributed by atoms with E-state index in [9.17, 15) is 4.79 Å². The molecule has 0 atom stereocenters. The maximum absolute atomic E-state index is 12.8. The van der Waals surface area contributed by atoms with Crippen molar-refractivity contribution >= 4 is 11.6 Å². The summed E-state index contributed by atoms with van der Waals surface area (Å²) in [4.78, 5) is 22.8. The maximum Gasteiger partial charge on any atom is 0.258 e. The molecule has 1 aliphatic heterocycles. The second-order valence-corrected chi connectivity index (χ2v) is 6.25. The number of hydrogen-bond donors (Lipinski definition) is 0. The van der Waals surface area contributed by atoms with Crippen LogP contribution in [0.5, 0.6) is 11.6 Å². The fourth-order valence-electron chi connectivity index (χ4n) is 2.34. The lowest BCUT2D eigenvalue weighted by Crippen LogP contribution is -2.38. The average molecular weight is 313 g/mol. The zero-order chi connectivity index (χ0) is 16.4. The number of ether oxygens (including phenoxy) is 2. The number of amides is 1. The Balaban J connectivity index is 1.88. The van der Waals surface area contributed by atoms with Crippen LogP contribution in [0.25, 0.3) is 0 Å². The lowest BCUT2D eigenvalue weighted by Gasteiger charge is -2.29. The molecule has 0 N–H and O–H groups in total. The van der Waals surface area contributed by atoms with Crippen molar-refractivity contribution in [1.29, 1.82) is 0 Å². The van der Waals surface area contributed by atoms with Crippen molar-refractivity contribution < 1.29 is 14.3 Å². The van der Waals surface area contributed by atoms with E-state index in [0.717, 1.165) is 0 Å². The van der Waals surface area contributed by atoms with Crippen LogP contribution >= 0.6 is 0 Å².